The number of piperidine rings is 1. The van der Waals surface area contributed by atoms with Gasteiger partial charge in [-0.1, -0.05) is 36.0 Å². The Morgan fingerprint density at radius 3 is 2.21 bits per heavy atom. The van der Waals surface area contributed by atoms with Crippen molar-refractivity contribution in [2.45, 2.75) is 63.8 Å². The molecule has 0 amide bonds. The minimum atomic E-state index is -4.75. The van der Waals surface area contributed by atoms with E-state index in [-0.39, 0.29) is 31.4 Å². The zero-order valence-electron chi connectivity index (χ0n) is 20.0. The minimum absolute atomic E-state index is 0.0546. The molecule has 0 saturated carbocycles. The number of anilines is 1. The van der Waals surface area contributed by atoms with Crippen LogP contribution in [0.1, 0.15) is 49.1 Å². The molecule has 0 atom stereocenters. The molecule has 1 aliphatic rings. The number of nitrogens with zero attached hydrogens (tertiary/aromatic N) is 4. The second kappa shape index (κ2) is 11.1. The van der Waals surface area contributed by atoms with Crippen LogP contribution in [0, 0.1) is 19.8 Å². The Bertz CT molecular complexity index is 1090. The molecule has 34 heavy (non-hydrogen) atoms. The van der Waals surface area contributed by atoms with Crippen LogP contribution in [0.2, 0.25) is 10.0 Å². The Kier molecular flexibility index (Phi) is 8.87. The van der Waals surface area contributed by atoms with Crippen LogP contribution in [0.4, 0.5) is 14.5 Å². The summed E-state index contributed by atoms with van der Waals surface area (Å²) in [6.45, 7) is 1.94. The lowest BCUT2D eigenvalue weighted by Gasteiger charge is -2.28. The summed E-state index contributed by atoms with van der Waals surface area (Å²) in [6.07, 6.45) is 6.26. The molecule has 1 aromatic heterocycles. The molecule has 0 bridgehead atoms. The van der Waals surface area contributed by atoms with Crippen LogP contribution >= 0.6 is 23.2 Å². The van der Waals surface area contributed by atoms with E-state index in [0.29, 0.717) is 6.42 Å². The lowest BCUT2D eigenvalue weighted by atomic mass is 9.91. The largest absolute Gasteiger partial charge is 0.328 e. The maximum atomic E-state index is 14.1. The predicted octanol–water partition coefficient (Wildman–Crippen LogP) is 5.82. The maximum absolute atomic E-state index is 14.1. The third-order valence-corrected chi connectivity index (χ3v) is 9.25. The number of rotatable bonds is 9. The number of halogens is 4. The molecule has 0 N–H and O–H groups in total. The molecule has 3 rings (SSSR count). The molecule has 11 heteroatoms. The molecular formula is C23H32Cl2F2N4O2S. The molecule has 2 aromatic rings. The average Bonchev–Trinajstić information content (AvgIpc) is 2.98. The first-order valence-electron chi connectivity index (χ1n) is 11.4. The van der Waals surface area contributed by atoms with E-state index < -0.39 is 21.5 Å². The van der Waals surface area contributed by atoms with Gasteiger partial charge in [0.1, 0.15) is 10.6 Å². The standard InChI is InChI=1S/C23H32Cl2F2N4O2S/c1-15-21(16(2)30(4)28-15)31(23(26)27)34(32,33)22-19(24)13-18(14-20(22)25)8-6-5-7-17-9-11-29(3)12-10-17/h13-14,17,23H,5-12H2,1-4H3. The first-order chi connectivity index (χ1) is 15.9. The summed E-state index contributed by atoms with van der Waals surface area (Å²) in [5.41, 5.74) is 1.06. The van der Waals surface area contributed by atoms with Crippen molar-refractivity contribution in [1.82, 2.24) is 14.7 Å². The summed E-state index contributed by atoms with van der Waals surface area (Å²) < 4.78 is 56.2. The zero-order valence-corrected chi connectivity index (χ0v) is 22.3. The van der Waals surface area contributed by atoms with E-state index in [2.05, 4.69) is 17.0 Å². The van der Waals surface area contributed by atoms with Gasteiger partial charge in [-0.25, -0.2) is 12.7 Å². The maximum Gasteiger partial charge on any atom is 0.328 e. The van der Waals surface area contributed by atoms with E-state index in [1.54, 1.807) is 7.05 Å². The Labute approximate surface area is 210 Å². The highest BCUT2D eigenvalue weighted by molar-refractivity contribution is 7.93. The average molecular weight is 538 g/mol. The predicted molar refractivity (Wildman–Crippen MR) is 133 cm³/mol. The molecule has 0 spiro atoms. The van der Waals surface area contributed by atoms with Crippen LogP contribution in [0.25, 0.3) is 0 Å². The Hall–Kier alpha value is -1.42. The monoisotopic (exact) mass is 536 g/mol. The summed E-state index contributed by atoms with van der Waals surface area (Å²) in [7, 11) is -1.04. The summed E-state index contributed by atoms with van der Waals surface area (Å²) in [5, 5.41) is 3.74. The fourth-order valence-electron chi connectivity index (χ4n) is 4.62. The molecule has 1 aliphatic heterocycles. The van der Waals surface area contributed by atoms with Gasteiger partial charge in [0, 0.05) is 7.05 Å². The third-order valence-electron chi connectivity index (χ3n) is 6.61. The molecule has 0 unspecified atom stereocenters. The highest BCUT2D eigenvalue weighted by Crippen LogP contribution is 2.38. The zero-order chi connectivity index (χ0) is 25.2. The molecule has 0 aliphatic carbocycles. The van der Waals surface area contributed by atoms with Crippen molar-refractivity contribution in [2.75, 3.05) is 24.4 Å². The van der Waals surface area contributed by atoms with E-state index >= 15 is 0 Å². The number of hydrogen-bond donors (Lipinski definition) is 0. The van der Waals surface area contributed by atoms with Crippen molar-refractivity contribution in [3.8, 4) is 0 Å². The molecule has 6 nitrogen and oxygen atoms in total. The summed E-state index contributed by atoms with van der Waals surface area (Å²) in [4.78, 5) is 1.83. The fourth-order valence-corrected chi connectivity index (χ4v) is 7.26. The van der Waals surface area contributed by atoms with Crippen LogP contribution in [-0.2, 0) is 23.5 Å². The first-order valence-corrected chi connectivity index (χ1v) is 13.6. The van der Waals surface area contributed by atoms with Gasteiger partial charge in [-0.05, 0) is 83.3 Å². The van der Waals surface area contributed by atoms with Gasteiger partial charge < -0.3 is 4.90 Å². The molecule has 2 heterocycles. The Morgan fingerprint density at radius 2 is 1.71 bits per heavy atom. The van der Waals surface area contributed by atoms with Gasteiger partial charge in [0.05, 0.1) is 21.4 Å². The summed E-state index contributed by atoms with van der Waals surface area (Å²) >= 11 is 12.7. The normalized spacial score (nSPS) is 15.9. The Morgan fingerprint density at radius 1 is 1.12 bits per heavy atom. The highest BCUT2D eigenvalue weighted by Gasteiger charge is 2.38. The smallest absolute Gasteiger partial charge is 0.306 e. The number of aromatic nitrogens is 2. The van der Waals surface area contributed by atoms with Crippen molar-refractivity contribution in [3.63, 3.8) is 0 Å². The van der Waals surface area contributed by atoms with E-state index in [0.717, 1.165) is 43.8 Å². The van der Waals surface area contributed by atoms with Crippen molar-refractivity contribution < 1.29 is 17.2 Å². The van der Waals surface area contributed by atoms with Gasteiger partial charge in [-0.3, -0.25) is 4.68 Å². The number of likely N-dealkylation sites (tertiary alicyclic amines) is 1. The first kappa shape index (κ1) is 27.2. The van der Waals surface area contributed by atoms with Crippen molar-refractivity contribution in [1.29, 1.82) is 0 Å². The Balaban J connectivity index is 1.77. The lowest BCUT2D eigenvalue weighted by Crippen LogP contribution is -2.36. The molecular weight excluding hydrogens is 505 g/mol. The topological polar surface area (TPSA) is 58.4 Å². The fraction of sp³-hybridized carbons (Fsp3) is 0.609. The van der Waals surface area contributed by atoms with Gasteiger partial charge in [-0.15, -0.1) is 0 Å². The second-order valence-electron chi connectivity index (χ2n) is 9.10. The van der Waals surface area contributed by atoms with Crippen molar-refractivity contribution >= 4 is 38.9 Å². The van der Waals surface area contributed by atoms with E-state index in [1.807, 2.05) is 0 Å². The summed E-state index contributed by atoms with van der Waals surface area (Å²) in [6, 6.07) is 3.03. The van der Waals surface area contributed by atoms with E-state index in [1.165, 1.54) is 43.5 Å². The number of hydrogen-bond acceptors (Lipinski definition) is 4. The number of aryl methyl sites for hydroxylation is 3. The van der Waals surface area contributed by atoms with E-state index in [9.17, 15) is 17.2 Å². The van der Waals surface area contributed by atoms with Gasteiger partial charge in [0.15, 0.2) is 0 Å². The van der Waals surface area contributed by atoms with Crippen LogP contribution in [0.15, 0.2) is 17.0 Å². The van der Waals surface area contributed by atoms with Crippen LogP contribution < -0.4 is 4.31 Å². The summed E-state index contributed by atoms with van der Waals surface area (Å²) in [5.74, 6) is 0.746. The molecule has 1 saturated heterocycles. The lowest BCUT2D eigenvalue weighted by molar-refractivity contribution is 0.161. The van der Waals surface area contributed by atoms with Gasteiger partial charge in [0.25, 0.3) is 10.0 Å². The molecule has 1 aromatic carbocycles. The highest BCUT2D eigenvalue weighted by atomic mass is 35.5. The number of sulfonamides is 1. The molecule has 190 valence electrons. The van der Waals surface area contributed by atoms with Crippen LogP contribution in [0.3, 0.4) is 0 Å². The number of benzene rings is 1. The quantitative estimate of drug-likeness (QED) is 0.299. The minimum Gasteiger partial charge on any atom is -0.306 e. The SMILES string of the molecule is Cc1nn(C)c(C)c1N(C(F)F)S(=O)(=O)c1c(Cl)cc(CCCCC2CCN(C)CC2)cc1Cl. The number of alkyl halides is 2. The third kappa shape index (κ3) is 5.86. The second-order valence-corrected chi connectivity index (χ2v) is 11.7. The van der Waals surface area contributed by atoms with Crippen molar-refractivity contribution in [3.05, 3.63) is 39.1 Å². The van der Waals surface area contributed by atoms with E-state index in [4.69, 9.17) is 23.2 Å². The van der Waals surface area contributed by atoms with Gasteiger partial charge in [-0.2, -0.15) is 13.9 Å². The number of unbranched alkanes of at least 4 members (excludes halogenated alkanes) is 1. The molecule has 0 radical (unpaired) electrons. The molecule has 1 fully saturated rings. The van der Waals surface area contributed by atoms with Gasteiger partial charge >= 0.3 is 6.55 Å². The van der Waals surface area contributed by atoms with Gasteiger partial charge in [0.2, 0.25) is 0 Å². The van der Waals surface area contributed by atoms with Crippen molar-refractivity contribution in [2.24, 2.45) is 13.0 Å². The van der Waals surface area contributed by atoms with Crippen LogP contribution in [0.5, 0.6) is 0 Å². The van der Waals surface area contributed by atoms with Crippen LogP contribution in [-0.4, -0.2) is 49.8 Å².